The monoisotopic (exact) mass is 279 g/mol. The molecule has 0 saturated carbocycles. The average molecular weight is 280 g/mol. The lowest BCUT2D eigenvalue weighted by molar-refractivity contribution is 0.142. The van der Waals surface area contributed by atoms with Crippen molar-refractivity contribution in [1.29, 1.82) is 0 Å². The molecular weight excluding hydrogens is 266 g/mol. The van der Waals surface area contributed by atoms with Crippen LogP contribution in [0.5, 0.6) is 0 Å². The Morgan fingerprint density at radius 1 is 1.38 bits per heavy atom. The van der Waals surface area contributed by atoms with Crippen LogP contribution in [-0.2, 0) is 0 Å². The zero-order chi connectivity index (χ0) is 11.3. The molecule has 1 aliphatic heterocycles. The van der Waals surface area contributed by atoms with Crippen LogP contribution in [0.2, 0.25) is 0 Å². The Bertz CT molecular complexity index is 540. The smallest absolute Gasteiger partial charge is 0.107 e. The summed E-state index contributed by atoms with van der Waals surface area (Å²) >= 11 is 3.53. The summed E-state index contributed by atoms with van der Waals surface area (Å²) in [5, 5.41) is 0. The quantitative estimate of drug-likeness (QED) is 0.800. The molecule has 2 heterocycles. The van der Waals surface area contributed by atoms with Crippen LogP contribution < -0.4 is 0 Å². The number of nitrogens with zero attached hydrogens (tertiary/aromatic N) is 3. The molecule has 1 fully saturated rings. The third-order valence-corrected chi connectivity index (χ3v) is 3.73. The van der Waals surface area contributed by atoms with Gasteiger partial charge in [-0.2, -0.15) is 0 Å². The van der Waals surface area contributed by atoms with Crippen molar-refractivity contribution >= 4 is 27.0 Å². The van der Waals surface area contributed by atoms with Gasteiger partial charge in [-0.15, -0.1) is 0 Å². The van der Waals surface area contributed by atoms with E-state index in [1.807, 2.05) is 6.07 Å². The molecule has 0 amide bonds. The first-order valence-electron chi connectivity index (χ1n) is 5.48. The summed E-state index contributed by atoms with van der Waals surface area (Å²) in [6.07, 6.45) is 0. The van der Waals surface area contributed by atoms with Gasteiger partial charge >= 0.3 is 0 Å². The van der Waals surface area contributed by atoms with Gasteiger partial charge in [0.05, 0.1) is 17.1 Å². The standard InChI is InChI=1S/C12H14BrN3/c1-8-14-11-4-3-9(13)5-12(11)16(8)10-6-15(2)7-10/h3-5,10H,6-7H2,1-2H3. The average Bonchev–Trinajstić information content (AvgIpc) is 2.49. The third-order valence-electron chi connectivity index (χ3n) is 3.24. The molecule has 0 aliphatic carbocycles. The zero-order valence-corrected chi connectivity index (χ0v) is 11.0. The number of fused-ring (bicyclic) bond motifs is 1. The van der Waals surface area contributed by atoms with E-state index in [9.17, 15) is 0 Å². The van der Waals surface area contributed by atoms with Crippen LogP contribution in [0.1, 0.15) is 11.9 Å². The van der Waals surface area contributed by atoms with Crippen molar-refractivity contribution in [2.24, 2.45) is 0 Å². The molecule has 4 heteroatoms. The molecule has 3 nitrogen and oxygen atoms in total. The largest absolute Gasteiger partial charge is 0.322 e. The van der Waals surface area contributed by atoms with Crippen molar-refractivity contribution in [3.05, 3.63) is 28.5 Å². The van der Waals surface area contributed by atoms with E-state index in [-0.39, 0.29) is 0 Å². The zero-order valence-electron chi connectivity index (χ0n) is 9.44. The molecule has 0 spiro atoms. The second kappa shape index (κ2) is 3.57. The van der Waals surface area contributed by atoms with Gasteiger partial charge in [-0.25, -0.2) is 4.98 Å². The normalized spacial score (nSPS) is 17.9. The molecule has 84 valence electrons. The van der Waals surface area contributed by atoms with Crippen LogP contribution in [0.4, 0.5) is 0 Å². The van der Waals surface area contributed by atoms with Crippen molar-refractivity contribution in [2.45, 2.75) is 13.0 Å². The van der Waals surface area contributed by atoms with Crippen LogP contribution in [0.15, 0.2) is 22.7 Å². The van der Waals surface area contributed by atoms with E-state index in [1.54, 1.807) is 0 Å². The van der Waals surface area contributed by atoms with Crippen LogP contribution >= 0.6 is 15.9 Å². The Morgan fingerprint density at radius 3 is 2.81 bits per heavy atom. The van der Waals surface area contributed by atoms with Gasteiger partial charge in [-0.1, -0.05) is 15.9 Å². The number of imidazole rings is 1. The van der Waals surface area contributed by atoms with Crippen molar-refractivity contribution in [1.82, 2.24) is 14.5 Å². The van der Waals surface area contributed by atoms with Gasteiger partial charge in [-0.05, 0) is 32.2 Å². The summed E-state index contributed by atoms with van der Waals surface area (Å²) in [4.78, 5) is 6.93. The summed E-state index contributed by atoms with van der Waals surface area (Å²) in [7, 11) is 2.15. The number of aromatic nitrogens is 2. The molecule has 16 heavy (non-hydrogen) atoms. The molecule has 1 aliphatic rings. The first-order chi connectivity index (χ1) is 7.65. The molecule has 1 aromatic carbocycles. The minimum atomic E-state index is 0.587. The van der Waals surface area contributed by atoms with Gasteiger partial charge in [0, 0.05) is 17.6 Å². The fourth-order valence-corrected chi connectivity index (χ4v) is 2.83. The molecule has 0 atom stereocenters. The summed E-state index contributed by atoms with van der Waals surface area (Å²) in [5.74, 6) is 1.12. The number of hydrogen-bond donors (Lipinski definition) is 0. The third kappa shape index (κ3) is 1.48. The molecule has 2 aromatic rings. The maximum Gasteiger partial charge on any atom is 0.107 e. The number of likely N-dealkylation sites (N-methyl/N-ethyl adjacent to an activating group) is 1. The van der Waals surface area contributed by atoms with Crippen molar-refractivity contribution in [2.75, 3.05) is 20.1 Å². The lowest BCUT2D eigenvalue weighted by Gasteiger charge is -2.38. The number of rotatable bonds is 1. The first kappa shape index (κ1) is 10.3. The van der Waals surface area contributed by atoms with Crippen LogP contribution in [-0.4, -0.2) is 34.6 Å². The minimum Gasteiger partial charge on any atom is -0.322 e. The Morgan fingerprint density at radius 2 is 2.12 bits per heavy atom. The summed E-state index contributed by atoms with van der Waals surface area (Å²) in [5.41, 5.74) is 2.33. The van der Waals surface area contributed by atoms with Crippen LogP contribution in [0.3, 0.4) is 0 Å². The minimum absolute atomic E-state index is 0.587. The van der Waals surface area contributed by atoms with E-state index in [1.165, 1.54) is 5.52 Å². The number of aryl methyl sites for hydroxylation is 1. The van der Waals surface area contributed by atoms with Gasteiger partial charge in [0.1, 0.15) is 5.82 Å². The highest BCUT2D eigenvalue weighted by molar-refractivity contribution is 9.10. The lowest BCUT2D eigenvalue weighted by Crippen LogP contribution is -2.45. The summed E-state index contributed by atoms with van der Waals surface area (Å²) in [6, 6.07) is 6.87. The molecule has 3 rings (SSSR count). The summed E-state index contributed by atoms with van der Waals surface area (Å²) < 4.78 is 3.48. The van der Waals surface area contributed by atoms with Gasteiger partial charge in [0.15, 0.2) is 0 Å². The highest BCUT2D eigenvalue weighted by Crippen LogP contribution is 2.28. The number of benzene rings is 1. The van der Waals surface area contributed by atoms with Gasteiger partial charge in [-0.3, -0.25) is 0 Å². The Kier molecular flexibility index (Phi) is 2.30. The maximum atomic E-state index is 4.61. The second-order valence-corrected chi connectivity index (χ2v) is 5.45. The predicted molar refractivity (Wildman–Crippen MR) is 68.7 cm³/mol. The van der Waals surface area contributed by atoms with E-state index < -0.39 is 0 Å². The first-order valence-corrected chi connectivity index (χ1v) is 6.27. The molecule has 1 aromatic heterocycles. The van der Waals surface area contributed by atoms with Gasteiger partial charge in [0.25, 0.3) is 0 Å². The van der Waals surface area contributed by atoms with E-state index in [2.05, 4.69) is 56.5 Å². The van der Waals surface area contributed by atoms with E-state index in [4.69, 9.17) is 0 Å². The van der Waals surface area contributed by atoms with E-state index in [0.717, 1.165) is 28.9 Å². The number of likely N-dealkylation sites (tertiary alicyclic amines) is 1. The van der Waals surface area contributed by atoms with Crippen molar-refractivity contribution in [3.63, 3.8) is 0 Å². The van der Waals surface area contributed by atoms with Gasteiger partial charge in [0.2, 0.25) is 0 Å². The second-order valence-electron chi connectivity index (χ2n) is 4.54. The topological polar surface area (TPSA) is 21.1 Å². The molecule has 0 radical (unpaired) electrons. The molecule has 0 bridgehead atoms. The molecular formula is C12H14BrN3. The van der Waals surface area contributed by atoms with Crippen LogP contribution in [0.25, 0.3) is 11.0 Å². The van der Waals surface area contributed by atoms with Crippen molar-refractivity contribution < 1.29 is 0 Å². The summed E-state index contributed by atoms with van der Waals surface area (Å²) in [6.45, 7) is 4.34. The highest BCUT2D eigenvalue weighted by Gasteiger charge is 2.27. The van der Waals surface area contributed by atoms with E-state index in [0.29, 0.717) is 6.04 Å². The Balaban J connectivity index is 2.15. The molecule has 1 saturated heterocycles. The lowest BCUT2D eigenvalue weighted by atomic mass is 10.1. The maximum absolute atomic E-state index is 4.61. The van der Waals surface area contributed by atoms with Gasteiger partial charge < -0.3 is 9.47 Å². The predicted octanol–water partition coefficient (Wildman–Crippen LogP) is 2.59. The molecule has 0 unspecified atom stereocenters. The SMILES string of the molecule is Cc1nc2ccc(Br)cc2n1C1CN(C)C1. The molecule has 0 N–H and O–H groups in total. The van der Waals surface area contributed by atoms with E-state index >= 15 is 0 Å². The fourth-order valence-electron chi connectivity index (χ4n) is 2.48. The highest BCUT2D eigenvalue weighted by atomic mass is 79.9. The fraction of sp³-hybridized carbons (Fsp3) is 0.417. The van der Waals surface area contributed by atoms with Crippen LogP contribution in [0, 0.1) is 6.92 Å². The number of halogens is 1. The Labute approximate surface area is 103 Å². The number of hydrogen-bond acceptors (Lipinski definition) is 2. The van der Waals surface area contributed by atoms with Crippen molar-refractivity contribution in [3.8, 4) is 0 Å². The Hall–Kier alpha value is -0.870.